The van der Waals surface area contributed by atoms with Crippen molar-refractivity contribution in [3.63, 3.8) is 0 Å². The van der Waals surface area contributed by atoms with Crippen LogP contribution in [-0.4, -0.2) is 41.3 Å². The number of carbonyl (C=O) groups excluding carboxylic acids is 2. The first-order chi connectivity index (χ1) is 14.0. The Bertz CT molecular complexity index is 913. The summed E-state index contributed by atoms with van der Waals surface area (Å²) >= 11 is 1.48. The number of rotatable bonds is 4. The molecule has 2 aliphatic rings. The van der Waals surface area contributed by atoms with Gasteiger partial charge in [0.05, 0.1) is 11.3 Å². The van der Waals surface area contributed by atoms with Gasteiger partial charge in [-0.15, -0.1) is 11.8 Å². The molecule has 2 aromatic rings. The quantitative estimate of drug-likeness (QED) is 0.774. The number of nitrogens with one attached hydrogen (secondary N) is 1. The third-order valence-electron chi connectivity index (χ3n) is 5.38. The molecule has 0 radical (unpaired) electrons. The average Bonchev–Trinajstić information content (AvgIpc) is 3.11. The van der Waals surface area contributed by atoms with E-state index in [0.717, 1.165) is 11.1 Å². The molecule has 7 heteroatoms. The van der Waals surface area contributed by atoms with Crippen molar-refractivity contribution in [2.75, 3.05) is 18.8 Å². The summed E-state index contributed by atoms with van der Waals surface area (Å²) in [6.45, 7) is 3.21. The van der Waals surface area contributed by atoms with Crippen molar-refractivity contribution in [3.05, 3.63) is 71.0 Å². The van der Waals surface area contributed by atoms with E-state index in [9.17, 15) is 14.0 Å². The molecule has 0 spiro atoms. The van der Waals surface area contributed by atoms with Crippen LogP contribution in [0.3, 0.4) is 0 Å². The Morgan fingerprint density at radius 3 is 2.62 bits per heavy atom. The summed E-state index contributed by atoms with van der Waals surface area (Å²) < 4.78 is 19.5. The van der Waals surface area contributed by atoms with Gasteiger partial charge in [-0.25, -0.2) is 9.18 Å². The minimum absolute atomic E-state index is 0.0664. The number of benzene rings is 2. The third-order valence-corrected chi connectivity index (χ3v) is 6.60. The Hall–Kier alpha value is -2.38. The first kappa shape index (κ1) is 19.9. The highest BCUT2D eigenvalue weighted by atomic mass is 32.2. The Morgan fingerprint density at radius 1 is 1.21 bits per heavy atom. The van der Waals surface area contributed by atoms with E-state index in [0.29, 0.717) is 37.2 Å². The van der Waals surface area contributed by atoms with Crippen molar-refractivity contribution in [1.82, 2.24) is 10.2 Å². The van der Waals surface area contributed by atoms with Gasteiger partial charge < -0.3 is 10.1 Å². The van der Waals surface area contributed by atoms with Crippen LogP contribution in [0.5, 0.6) is 0 Å². The molecule has 0 aromatic heterocycles. The fourth-order valence-electron chi connectivity index (χ4n) is 3.95. The molecule has 1 atom stereocenters. The molecule has 1 amide bonds. The average molecular weight is 415 g/mol. The molecule has 1 unspecified atom stereocenters. The molecular formula is C22H23FN2O3S. The van der Waals surface area contributed by atoms with Gasteiger partial charge in [-0.05, 0) is 36.8 Å². The van der Waals surface area contributed by atoms with E-state index in [1.54, 1.807) is 29.2 Å². The monoisotopic (exact) mass is 414 g/mol. The van der Waals surface area contributed by atoms with E-state index in [-0.39, 0.29) is 17.1 Å². The first-order valence-corrected chi connectivity index (χ1v) is 10.7. The van der Waals surface area contributed by atoms with E-state index >= 15 is 0 Å². The molecule has 2 aromatic carbocycles. The minimum atomic E-state index is -1.02. The summed E-state index contributed by atoms with van der Waals surface area (Å²) in [7, 11) is 0. The maximum absolute atomic E-state index is 13.4. The van der Waals surface area contributed by atoms with Gasteiger partial charge in [0.25, 0.3) is 0 Å². The predicted molar refractivity (Wildman–Crippen MR) is 110 cm³/mol. The van der Waals surface area contributed by atoms with Gasteiger partial charge in [-0.3, -0.25) is 9.69 Å². The van der Waals surface area contributed by atoms with Crippen molar-refractivity contribution >= 4 is 23.6 Å². The molecule has 0 saturated carbocycles. The highest BCUT2D eigenvalue weighted by molar-refractivity contribution is 8.00. The fourth-order valence-corrected chi connectivity index (χ4v) is 5.20. The molecule has 5 nitrogen and oxygen atoms in total. The lowest BCUT2D eigenvalue weighted by Gasteiger charge is -2.45. The predicted octanol–water partition coefficient (Wildman–Crippen LogP) is 3.64. The van der Waals surface area contributed by atoms with Crippen molar-refractivity contribution in [2.45, 2.75) is 30.9 Å². The molecule has 4 rings (SSSR count). The number of esters is 1. The number of nitrogens with zero attached hydrogens (tertiary/aromatic N) is 1. The standard InChI is InChI=1S/C22H23FN2O3S/c1-15-3-2-4-17(13-15)21(27)28-22(9-11-24-12-10-22)25-19(26)14-29-20(25)16-5-7-18(23)8-6-16/h2-8,13,20,24H,9-12,14H2,1H3. The van der Waals surface area contributed by atoms with Gasteiger partial charge in [0.1, 0.15) is 11.2 Å². The lowest BCUT2D eigenvalue weighted by atomic mass is 9.97. The van der Waals surface area contributed by atoms with Crippen LogP contribution in [0.25, 0.3) is 0 Å². The van der Waals surface area contributed by atoms with Crippen molar-refractivity contribution in [1.29, 1.82) is 0 Å². The van der Waals surface area contributed by atoms with Crippen LogP contribution in [0.2, 0.25) is 0 Å². The molecule has 152 valence electrons. The molecule has 2 saturated heterocycles. The van der Waals surface area contributed by atoms with Crippen molar-refractivity contribution in [2.24, 2.45) is 0 Å². The molecular weight excluding hydrogens is 391 g/mol. The number of hydrogen-bond donors (Lipinski definition) is 1. The highest BCUT2D eigenvalue weighted by Crippen LogP contribution is 2.46. The molecule has 0 bridgehead atoms. The van der Waals surface area contributed by atoms with Gasteiger partial charge in [0.2, 0.25) is 5.91 Å². The smallest absolute Gasteiger partial charge is 0.340 e. The maximum Gasteiger partial charge on any atom is 0.340 e. The van der Waals surface area contributed by atoms with Crippen LogP contribution in [0.15, 0.2) is 48.5 Å². The molecule has 1 N–H and O–H groups in total. The maximum atomic E-state index is 13.4. The van der Waals surface area contributed by atoms with Gasteiger partial charge in [0.15, 0.2) is 5.72 Å². The van der Waals surface area contributed by atoms with E-state index in [1.807, 2.05) is 19.1 Å². The van der Waals surface area contributed by atoms with Crippen LogP contribution in [0, 0.1) is 12.7 Å². The summed E-state index contributed by atoms with van der Waals surface area (Å²) in [5, 5.41) is 2.96. The number of ether oxygens (including phenoxy) is 1. The van der Waals surface area contributed by atoms with Gasteiger partial charge >= 0.3 is 5.97 Å². The molecule has 0 aliphatic carbocycles. The zero-order chi connectivity index (χ0) is 20.4. The lowest BCUT2D eigenvalue weighted by Crippen LogP contribution is -2.58. The van der Waals surface area contributed by atoms with Gasteiger partial charge in [-0.2, -0.15) is 0 Å². The topological polar surface area (TPSA) is 58.6 Å². The summed E-state index contributed by atoms with van der Waals surface area (Å²) in [6, 6.07) is 13.4. The van der Waals surface area contributed by atoms with Crippen molar-refractivity contribution in [3.8, 4) is 0 Å². The molecule has 2 heterocycles. The van der Waals surface area contributed by atoms with Crippen LogP contribution in [0.1, 0.15) is 39.7 Å². The number of hydrogen-bond acceptors (Lipinski definition) is 5. The normalized spacial score (nSPS) is 21.2. The van der Waals surface area contributed by atoms with Gasteiger partial charge in [-0.1, -0.05) is 29.8 Å². The molecule has 2 fully saturated rings. The number of amides is 1. The Balaban J connectivity index is 1.68. The Morgan fingerprint density at radius 2 is 1.93 bits per heavy atom. The minimum Gasteiger partial charge on any atom is -0.435 e. The fraction of sp³-hybridized carbons (Fsp3) is 0.364. The summed E-state index contributed by atoms with van der Waals surface area (Å²) in [6.07, 6.45) is 1.02. The highest BCUT2D eigenvalue weighted by Gasteiger charge is 2.50. The number of carbonyl (C=O) groups is 2. The SMILES string of the molecule is Cc1cccc(C(=O)OC2(N3C(=O)CSC3c3ccc(F)cc3)CCNCC2)c1. The molecule has 2 aliphatic heterocycles. The van der Waals surface area contributed by atoms with E-state index in [2.05, 4.69) is 5.32 Å². The zero-order valence-corrected chi connectivity index (χ0v) is 17.0. The second kappa shape index (κ2) is 8.16. The number of halogens is 1. The van der Waals surface area contributed by atoms with Crippen LogP contribution in [0.4, 0.5) is 4.39 Å². The summed E-state index contributed by atoms with van der Waals surface area (Å²) in [4.78, 5) is 27.6. The summed E-state index contributed by atoms with van der Waals surface area (Å²) in [5.74, 6) is -0.516. The second-order valence-corrected chi connectivity index (χ2v) is 8.50. The lowest BCUT2D eigenvalue weighted by molar-refractivity contribution is -0.166. The Kier molecular flexibility index (Phi) is 5.61. The van der Waals surface area contributed by atoms with E-state index in [4.69, 9.17) is 4.74 Å². The Labute approximate surface area is 173 Å². The van der Waals surface area contributed by atoms with E-state index < -0.39 is 11.7 Å². The zero-order valence-electron chi connectivity index (χ0n) is 16.2. The number of piperidine rings is 1. The van der Waals surface area contributed by atoms with E-state index in [1.165, 1.54) is 23.9 Å². The third kappa shape index (κ3) is 4.02. The largest absolute Gasteiger partial charge is 0.435 e. The second-order valence-electron chi connectivity index (χ2n) is 7.43. The number of aryl methyl sites for hydroxylation is 1. The summed E-state index contributed by atoms with van der Waals surface area (Å²) in [5.41, 5.74) is 1.24. The number of thioether (sulfide) groups is 1. The first-order valence-electron chi connectivity index (χ1n) is 9.68. The van der Waals surface area contributed by atoms with Crippen molar-refractivity contribution < 1.29 is 18.7 Å². The van der Waals surface area contributed by atoms with Crippen LogP contribution < -0.4 is 5.32 Å². The van der Waals surface area contributed by atoms with Crippen LogP contribution >= 0.6 is 11.8 Å². The van der Waals surface area contributed by atoms with Crippen LogP contribution in [-0.2, 0) is 9.53 Å². The van der Waals surface area contributed by atoms with Gasteiger partial charge in [0, 0.05) is 25.9 Å². The molecule has 29 heavy (non-hydrogen) atoms.